The van der Waals surface area contributed by atoms with Gasteiger partial charge in [-0.3, -0.25) is 9.59 Å². The van der Waals surface area contributed by atoms with Crippen molar-refractivity contribution < 1.29 is 24.2 Å². The third kappa shape index (κ3) is 5.02. The fourth-order valence-electron chi connectivity index (χ4n) is 4.85. The van der Waals surface area contributed by atoms with Gasteiger partial charge < -0.3 is 20.1 Å². The number of amides is 2. The second-order valence-electron chi connectivity index (χ2n) is 8.80. The number of nitrogens with zero attached hydrogens (tertiary/aromatic N) is 1. The van der Waals surface area contributed by atoms with E-state index in [9.17, 15) is 19.5 Å². The van der Waals surface area contributed by atoms with Crippen LogP contribution in [0.25, 0.3) is 11.1 Å². The second-order valence-corrected chi connectivity index (χ2v) is 8.80. The van der Waals surface area contributed by atoms with Crippen LogP contribution in [0.3, 0.4) is 0 Å². The average molecular weight is 451 g/mol. The average Bonchev–Trinajstić information content (AvgIpc) is 3.16. The maximum Gasteiger partial charge on any atom is 0.407 e. The Bertz CT molecular complexity index is 991. The maximum absolute atomic E-state index is 12.7. The van der Waals surface area contributed by atoms with Crippen molar-refractivity contribution in [3.8, 4) is 11.1 Å². The molecular formula is C26H30N2O5. The summed E-state index contributed by atoms with van der Waals surface area (Å²) >= 11 is 0. The number of hydrogen-bond donors (Lipinski definition) is 2. The highest BCUT2D eigenvalue weighted by molar-refractivity contribution is 5.80. The van der Waals surface area contributed by atoms with E-state index in [1.165, 1.54) is 11.1 Å². The van der Waals surface area contributed by atoms with Gasteiger partial charge in [0.15, 0.2) is 0 Å². The van der Waals surface area contributed by atoms with Crippen molar-refractivity contribution in [1.82, 2.24) is 10.2 Å². The normalized spacial score (nSPS) is 18.2. The Balaban J connectivity index is 1.33. The molecule has 1 unspecified atom stereocenters. The number of rotatable bonds is 7. The smallest absolute Gasteiger partial charge is 0.407 e. The van der Waals surface area contributed by atoms with E-state index in [0.717, 1.165) is 11.1 Å². The van der Waals surface area contributed by atoms with Gasteiger partial charge >= 0.3 is 12.1 Å². The van der Waals surface area contributed by atoms with Crippen molar-refractivity contribution in [2.24, 2.45) is 5.92 Å². The number of carboxylic acids is 1. The molecule has 2 amide bonds. The Labute approximate surface area is 193 Å². The van der Waals surface area contributed by atoms with Crippen LogP contribution in [0.1, 0.15) is 49.7 Å². The van der Waals surface area contributed by atoms with Crippen LogP contribution in [0.15, 0.2) is 48.5 Å². The minimum absolute atomic E-state index is 0.0221. The number of nitrogens with one attached hydrogen (secondary N) is 1. The second kappa shape index (κ2) is 10.1. The van der Waals surface area contributed by atoms with Crippen LogP contribution < -0.4 is 5.32 Å². The molecule has 0 saturated carbocycles. The molecule has 1 saturated heterocycles. The molecule has 2 atom stereocenters. The highest BCUT2D eigenvalue weighted by atomic mass is 16.5. The molecule has 0 bridgehead atoms. The molecule has 1 aliphatic carbocycles. The molecule has 1 fully saturated rings. The summed E-state index contributed by atoms with van der Waals surface area (Å²) in [5, 5.41) is 12.1. The first kappa shape index (κ1) is 22.8. The predicted molar refractivity (Wildman–Crippen MR) is 124 cm³/mol. The molecule has 33 heavy (non-hydrogen) atoms. The van der Waals surface area contributed by atoms with Crippen LogP contribution in [-0.2, 0) is 14.3 Å². The fraction of sp³-hybridized carbons (Fsp3) is 0.423. The van der Waals surface area contributed by atoms with Gasteiger partial charge in [-0.05, 0) is 41.5 Å². The summed E-state index contributed by atoms with van der Waals surface area (Å²) in [7, 11) is 0. The molecule has 4 rings (SSSR count). The number of piperidine rings is 1. The Morgan fingerprint density at radius 2 is 1.73 bits per heavy atom. The highest BCUT2D eigenvalue weighted by Gasteiger charge is 2.31. The van der Waals surface area contributed by atoms with Crippen molar-refractivity contribution in [1.29, 1.82) is 0 Å². The molecule has 0 aromatic heterocycles. The molecule has 0 spiro atoms. The molecule has 7 nitrogen and oxygen atoms in total. The van der Waals surface area contributed by atoms with Gasteiger partial charge in [0.05, 0.1) is 5.92 Å². The zero-order valence-electron chi connectivity index (χ0n) is 18.8. The van der Waals surface area contributed by atoms with Crippen molar-refractivity contribution in [2.75, 3.05) is 19.7 Å². The number of hydrogen-bond acceptors (Lipinski definition) is 4. The number of carbonyl (C=O) groups excluding carboxylic acids is 2. The number of carbonyl (C=O) groups is 3. The van der Waals surface area contributed by atoms with Crippen LogP contribution >= 0.6 is 0 Å². The Morgan fingerprint density at radius 3 is 2.33 bits per heavy atom. The van der Waals surface area contributed by atoms with Gasteiger partial charge in [-0.1, -0.05) is 55.5 Å². The SMILES string of the molecule is CC[C@@H](CC(=O)N1CCCC(C(=O)O)C1)NC(=O)OCC1c2ccccc2-c2ccccc21. The number of benzene rings is 2. The predicted octanol–water partition coefficient (Wildman–Crippen LogP) is 4.02. The fourth-order valence-corrected chi connectivity index (χ4v) is 4.85. The lowest BCUT2D eigenvalue weighted by Gasteiger charge is -2.31. The first-order valence-electron chi connectivity index (χ1n) is 11.6. The topological polar surface area (TPSA) is 95.9 Å². The summed E-state index contributed by atoms with van der Waals surface area (Å²) in [6.45, 7) is 2.91. The lowest BCUT2D eigenvalue weighted by Crippen LogP contribution is -2.45. The van der Waals surface area contributed by atoms with Crippen LogP contribution in [0.5, 0.6) is 0 Å². The van der Waals surface area contributed by atoms with Gasteiger partial charge in [-0.15, -0.1) is 0 Å². The number of alkyl carbamates (subject to hydrolysis) is 1. The zero-order chi connectivity index (χ0) is 23.4. The van der Waals surface area contributed by atoms with Crippen molar-refractivity contribution in [2.45, 2.75) is 44.6 Å². The van der Waals surface area contributed by atoms with E-state index >= 15 is 0 Å². The van der Waals surface area contributed by atoms with Crippen molar-refractivity contribution in [3.63, 3.8) is 0 Å². The number of carboxylic acid groups (broad SMARTS) is 1. The van der Waals surface area contributed by atoms with Gasteiger partial charge in [0.25, 0.3) is 0 Å². The number of likely N-dealkylation sites (tertiary alicyclic amines) is 1. The third-order valence-corrected chi connectivity index (χ3v) is 6.70. The Morgan fingerprint density at radius 1 is 1.09 bits per heavy atom. The Kier molecular flexibility index (Phi) is 6.96. The summed E-state index contributed by atoms with van der Waals surface area (Å²) < 4.78 is 5.59. The van der Waals surface area contributed by atoms with Crippen molar-refractivity contribution in [3.05, 3.63) is 59.7 Å². The van der Waals surface area contributed by atoms with Crippen molar-refractivity contribution >= 4 is 18.0 Å². The third-order valence-electron chi connectivity index (χ3n) is 6.70. The lowest BCUT2D eigenvalue weighted by molar-refractivity contribution is -0.145. The standard InChI is InChI=1S/C26H30N2O5/c1-2-18(14-24(29)28-13-7-8-17(15-28)25(30)31)27-26(32)33-16-23-21-11-5-3-9-19(21)20-10-4-6-12-22(20)23/h3-6,9-12,17-18,23H,2,7-8,13-16H2,1H3,(H,27,32)(H,30,31)/t17?,18-/m0/s1. The van der Waals surface area contributed by atoms with Crippen LogP contribution in [0.2, 0.25) is 0 Å². The van der Waals surface area contributed by atoms with E-state index < -0.39 is 18.0 Å². The summed E-state index contributed by atoms with van der Waals surface area (Å²) in [6.07, 6.45) is 1.44. The summed E-state index contributed by atoms with van der Waals surface area (Å²) in [5.74, 6) is -1.54. The number of aliphatic carboxylic acids is 1. The van der Waals surface area contributed by atoms with Gasteiger partial charge in [0.1, 0.15) is 6.61 Å². The molecule has 0 radical (unpaired) electrons. The lowest BCUT2D eigenvalue weighted by atomic mass is 9.97. The maximum atomic E-state index is 12.7. The van der Waals surface area contributed by atoms with E-state index in [2.05, 4.69) is 29.6 Å². The molecule has 174 valence electrons. The Hall–Kier alpha value is -3.35. The molecule has 2 N–H and O–H groups in total. The quantitative estimate of drug-likeness (QED) is 0.664. The monoisotopic (exact) mass is 450 g/mol. The van der Waals surface area contributed by atoms with E-state index in [4.69, 9.17) is 4.74 Å². The molecular weight excluding hydrogens is 420 g/mol. The largest absolute Gasteiger partial charge is 0.481 e. The summed E-state index contributed by atoms with van der Waals surface area (Å²) in [4.78, 5) is 38.1. The zero-order valence-corrected chi connectivity index (χ0v) is 18.8. The van der Waals surface area contributed by atoms with E-state index in [1.807, 2.05) is 31.2 Å². The van der Waals surface area contributed by atoms with Gasteiger partial charge in [-0.25, -0.2) is 4.79 Å². The molecule has 1 heterocycles. The van der Waals surface area contributed by atoms with Crippen LogP contribution in [-0.4, -0.2) is 53.7 Å². The summed E-state index contributed by atoms with van der Waals surface area (Å²) in [5.41, 5.74) is 4.62. The molecule has 2 aliphatic rings. The van der Waals surface area contributed by atoms with Gasteiger partial charge in [0.2, 0.25) is 5.91 Å². The molecule has 2 aromatic carbocycles. The molecule has 2 aromatic rings. The first-order valence-corrected chi connectivity index (χ1v) is 11.6. The number of ether oxygens (including phenoxy) is 1. The highest BCUT2D eigenvalue weighted by Crippen LogP contribution is 2.44. The van der Waals surface area contributed by atoms with Crippen LogP contribution in [0.4, 0.5) is 4.79 Å². The minimum Gasteiger partial charge on any atom is -0.481 e. The minimum atomic E-state index is -0.865. The van der Waals surface area contributed by atoms with Crippen LogP contribution in [0, 0.1) is 5.92 Å². The molecule has 1 aliphatic heterocycles. The summed E-state index contributed by atoms with van der Waals surface area (Å²) in [6, 6.07) is 15.9. The first-order chi connectivity index (χ1) is 16.0. The number of fused-ring (bicyclic) bond motifs is 3. The molecule has 7 heteroatoms. The van der Waals surface area contributed by atoms with Gasteiger partial charge in [0, 0.05) is 31.5 Å². The van der Waals surface area contributed by atoms with E-state index in [1.54, 1.807) is 4.90 Å². The van der Waals surface area contributed by atoms with Gasteiger partial charge in [-0.2, -0.15) is 0 Å². The van der Waals surface area contributed by atoms with E-state index in [0.29, 0.717) is 25.8 Å². The van der Waals surface area contributed by atoms with E-state index in [-0.39, 0.29) is 37.4 Å².